The maximum absolute atomic E-state index is 13.7. The van der Waals surface area contributed by atoms with Crippen LogP contribution in [-0.2, 0) is 0 Å². The molecule has 0 saturated heterocycles. The van der Waals surface area contributed by atoms with Crippen LogP contribution in [0.5, 0.6) is 11.5 Å². The Labute approximate surface area is 139 Å². The van der Waals surface area contributed by atoms with E-state index in [0.717, 1.165) is 12.1 Å². The number of halogens is 6. The van der Waals surface area contributed by atoms with Crippen molar-refractivity contribution in [1.82, 2.24) is 0 Å². The largest absolute Gasteiger partial charge is 0.456 e. The Bertz CT molecular complexity index is 790. The van der Waals surface area contributed by atoms with Crippen LogP contribution in [0.1, 0.15) is 22.3 Å². The van der Waals surface area contributed by atoms with Crippen molar-refractivity contribution in [3.63, 3.8) is 0 Å². The molecule has 0 bridgehead atoms. The zero-order valence-corrected chi connectivity index (χ0v) is 13.1. The monoisotopic (exact) mass is 358 g/mol. The summed E-state index contributed by atoms with van der Waals surface area (Å²) in [6.07, 6.45) is -5.11. The van der Waals surface area contributed by atoms with E-state index in [4.69, 9.17) is 4.74 Å². The summed E-state index contributed by atoms with van der Waals surface area (Å²) in [5.74, 6) is -4.32. The lowest BCUT2D eigenvalue weighted by Gasteiger charge is -2.14. The summed E-state index contributed by atoms with van der Waals surface area (Å²) in [7, 11) is 0. The quantitative estimate of drug-likeness (QED) is 0.527. The van der Waals surface area contributed by atoms with Crippen LogP contribution in [0.25, 0.3) is 11.7 Å². The Balaban J connectivity index is 2.59. The highest BCUT2D eigenvalue weighted by molar-refractivity contribution is 5.70. The first-order valence-electron chi connectivity index (χ1n) is 7.02. The van der Waals surface area contributed by atoms with Crippen molar-refractivity contribution in [3.8, 4) is 11.5 Å². The number of hydrogen-bond donors (Lipinski definition) is 0. The zero-order valence-electron chi connectivity index (χ0n) is 13.1. The van der Waals surface area contributed by atoms with Gasteiger partial charge in [0.15, 0.2) is 11.7 Å². The highest BCUT2D eigenvalue weighted by Crippen LogP contribution is 2.38. The first-order chi connectivity index (χ1) is 11.7. The molecule has 0 unspecified atom stereocenters. The highest BCUT2D eigenvalue weighted by atomic mass is 19.3. The molecule has 2 aromatic carbocycles. The van der Waals surface area contributed by atoms with Gasteiger partial charge in [-0.15, -0.1) is 0 Å². The average Bonchev–Trinajstić information content (AvgIpc) is 2.56. The molecule has 0 radical (unpaired) electrons. The van der Waals surface area contributed by atoms with Crippen molar-refractivity contribution >= 4 is 11.7 Å². The zero-order chi connectivity index (χ0) is 18.7. The molecule has 1 nitrogen and oxygen atoms in total. The van der Waals surface area contributed by atoms with E-state index in [9.17, 15) is 26.3 Å². The Kier molecular flexibility index (Phi) is 5.56. The van der Waals surface area contributed by atoms with Crippen molar-refractivity contribution in [1.29, 1.82) is 0 Å². The molecule has 7 heteroatoms. The summed E-state index contributed by atoms with van der Waals surface area (Å²) in [5, 5.41) is 0. The summed E-state index contributed by atoms with van der Waals surface area (Å²) >= 11 is 0. The molecule has 0 aliphatic heterocycles. The van der Waals surface area contributed by atoms with E-state index < -0.39 is 34.9 Å². The lowest BCUT2D eigenvalue weighted by molar-refractivity contribution is 0.406. The molecular formula is C18H12F6O. The van der Waals surface area contributed by atoms with Crippen LogP contribution < -0.4 is 4.74 Å². The highest BCUT2D eigenvalue weighted by Gasteiger charge is 2.19. The second kappa shape index (κ2) is 7.46. The number of ether oxygens (including phenoxy) is 1. The normalized spacial score (nSPS) is 10.4. The second-order valence-electron chi connectivity index (χ2n) is 5.25. The van der Waals surface area contributed by atoms with Crippen molar-refractivity contribution in [2.24, 2.45) is 0 Å². The fourth-order valence-electron chi connectivity index (χ4n) is 2.13. The third-order valence-electron chi connectivity index (χ3n) is 3.29. The molecule has 25 heavy (non-hydrogen) atoms. The van der Waals surface area contributed by atoms with Gasteiger partial charge in [-0.25, -0.2) is 8.78 Å². The molecule has 0 atom stereocenters. The SMILES string of the molecule is Cc1ccc(Oc2ccc(C)cc2C(F)=C(F)F)c(C(F)=C(F)F)c1. The molecule has 2 aromatic rings. The topological polar surface area (TPSA) is 9.23 Å². The van der Waals surface area contributed by atoms with E-state index in [-0.39, 0.29) is 11.5 Å². The van der Waals surface area contributed by atoms with Crippen LogP contribution >= 0.6 is 0 Å². The van der Waals surface area contributed by atoms with Crippen molar-refractivity contribution < 1.29 is 31.1 Å². The summed E-state index contributed by atoms with van der Waals surface area (Å²) in [5.41, 5.74) is -0.166. The third-order valence-corrected chi connectivity index (χ3v) is 3.29. The fourth-order valence-corrected chi connectivity index (χ4v) is 2.13. The predicted molar refractivity (Wildman–Crippen MR) is 82.9 cm³/mol. The Hall–Kier alpha value is -2.70. The van der Waals surface area contributed by atoms with E-state index >= 15 is 0 Å². The summed E-state index contributed by atoms with van der Waals surface area (Å²) < 4.78 is 83.1. The van der Waals surface area contributed by atoms with Crippen LogP contribution in [0.2, 0.25) is 0 Å². The minimum absolute atomic E-state index is 0.354. The van der Waals surface area contributed by atoms with Gasteiger partial charge >= 0.3 is 12.2 Å². The van der Waals surface area contributed by atoms with E-state index in [1.54, 1.807) is 13.8 Å². The minimum Gasteiger partial charge on any atom is -0.456 e. The number of benzene rings is 2. The smallest absolute Gasteiger partial charge is 0.306 e. The molecule has 0 fully saturated rings. The molecule has 0 aliphatic carbocycles. The van der Waals surface area contributed by atoms with Crippen LogP contribution in [0.3, 0.4) is 0 Å². The Morgan fingerprint density at radius 2 is 1.00 bits per heavy atom. The molecule has 0 spiro atoms. The van der Waals surface area contributed by atoms with Crippen LogP contribution in [0, 0.1) is 13.8 Å². The average molecular weight is 358 g/mol. The van der Waals surface area contributed by atoms with Crippen LogP contribution in [0.15, 0.2) is 48.6 Å². The number of hydrogen-bond acceptors (Lipinski definition) is 1. The molecule has 0 heterocycles. The van der Waals surface area contributed by atoms with Gasteiger partial charge in [-0.05, 0) is 38.1 Å². The Morgan fingerprint density at radius 3 is 1.32 bits per heavy atom. The Morgan fingerprint density at radius 1 is 0.640 bits per heavy atom. The maximum atomic E-state index is 13.7. The van der Waals surface area contributed by atoms with E-state index in [0.29, 0.717) is 11.1 Å². The molecule has 0 aliphatic rings. The first kappa shape index (κ1) is 18.6. The third kappa shape index (κ3) is 4.23. The minimum atomic E-state index is -2.56. The molecule has 132 valence electrons. The van der Waals surface area contributed by atoms with Gasteiger partial charge < -0.3 is 4.74 Å². The van der Waals surface area contributed by atoms with Gasteiger partial charge in [0.1, 0.15) is 11.5 Å². The van der Waals surface area contributed by atoms with E-state index in [1.807, 2.05) is 0 Å². The van der Waals surface area contributed by atoms with Gasteiger partial charge in [0.05, 0.1) is 11.1 Å². The van der Waals surface area contributed by atoms with E-state index in [2.05, 4.69) is 0 Å². The first-order valence-corrected chi connectivity index (χ1v) is 7.02. The van der Waals surface area contributed by atoms with Crippen molar-refractivity contribution in [2.75, 3.05) is 0 Å². The predicted octanol–water partition coefficient (Wildman–Crippen LogP) is 7.16. The summed E-state index contributed by atoms with van der Waals surface area (Å²) in [6, 6.07) is 7.53. The number of aryl methyl sites for hydroxylation is 2. The lowest BCUT2D eigenvalue weighted by Crippen LogP contribution is -1.95. The maximum Gasteiger partial charge on any atom is 0.306 e. The van der Waals surface area contributed by atoms with Gasteiger partial charge in [-0.1, -0.05) is 23.3 Å². The van der Waals surface area contributed by atoms with Crippen LogP contribution in [-0.4, -0.2) is 0 Å². The molecule has 0 N–H and O–H groups in total. The molecule has 2 rings (SSSR count). The van der Waals surface area contributed by atoms with Gasteiger partial charge in [-0.2, -0.15) is 17.6 Å². The molecule has 0 saturated carbocycles. The second-order valence-corrected chi connectivity index (χ2v) is 5.25. The molecule has 0 aromatic heterocycles. The van der Waals surface area contributed by atoms with Gasteiger partial charge in [0.25, 0.3) is 0 Å². The fraction of sp³-hybridized carbons (Fsp3) is 0.111. The molecule has 0 amide bonds. The van der Waals surface area contributed by atoms with Crippen LogP contribution in [0.4, 0.5) is 26.3 Å². The lowest BCUT2D eigenvalue weighted by atomic mass is 10.1. The van der Waals surface area contributed by atoms with Crippen molar-refractivity contribution in [2.45, 2.75) is 13.8 Å². The van der Waals surface area contributed by atoms with Gasteiger partial charge in [-0.3, -0.25) is 0 Å². The number of rotatable bonds is 4. The summed E-state index contributed by atoms with van der Waals surface area (Å²) in [4.78, 5) is 0. The van der Waals surface area contributed by atoms with Gasteiger partial charge in [0, 0.05) is 0 Å². The summed E-state index contributed by atoms with van der Waals surface area (Å²) in [6.45, 7) is 3.10. The van der Waals surface area contributed by atoms with E-state index in [1.165, 1.54) is 24.3 Å². The standard InChI is InChI=1S/C18H12F6O/c1-9-3-5-13(11(7-9)15(19)17(21)22)25-14-6-4-10(2)8-12(14)16(20)18(23)24/h3-8H,1-2H3. The van der Waals surface area contributed by atoms with Crippen molar-refractivity contribution in [3.05, 3.63) is 70.8 Å². The van der Waals surface area contributed by atoms with Gasteiger partial charge in [0.2, 0.25) is 0 Å². The molecular weight excluding hydrogens is 346 g/mol.